The Labute approximate surface area is 195 Å². The van der Waals surface area contributed by atoms with Crippen LogP contribution in [0, 0.1) is 0 Å². The van der Waals surface area contributed by atoms with Crippen LogP contribution in [0.15, 0.2) is 72.8 Å². The highest BCUT2D eigenvalue weighted by Gasteiger charge is 2.30. The molecule has 1 unspecified atom stereocenters. The predicted octanol–water partition coefficient (Wildman–Crippen LogP) is 5.70. The molecule has 1 aliphatic carbocycles. The zero-order valence-corrected chi connectivity index (χ0v) is 18.4. The van der Waals surface area contributed by atoms with E-state index in [0.29, 0.717) is 34.1 Å². The van der Waals surface area contributed by atoms with Crippen LogP contribution in [0.1, 0.15) is 34.8 Å². The third-order valence-corrected chi connectivity index (χ3v) is 6.79. The van der Waals surface area contributed by atoms with Gasteiger partial charge in [0.25, 0.3) is 5.91 Å². The largest absolute Gasteiger partial charge is 0.486 e. The van der Waals surface area contributed by atoms with E-state index in [9.17, 15) is 22.2 Å². The minimum absolute atomic E-state index is 0.208. The summed E-state index contributed by atoms with van der Waals surface area (Å²) in [5.41, 5.74) is 1.86. The second-order valence-electron chi connectivity index (χ2n) is 7.86. The number of carbonyl (C=O) groups excluding carboxylic acids is 1. The minimum Gasteiger partial charge on any atom is -0.486 e. The molecule has 9 heteroatoms. The van der Waals surface area contributed by atoms with Crippen LogP contribution in [0.4, 0.5) is 13.2 Å². The molecule has 0 bridgehead atoms. The summed E-state index contributed by atoms with van der Waals surface area (Å²) in [5.74, 6) is 1.16. The molecular weight excluding hydrogens is 467 g/mol. The van der Waals surface area contributed by atoms with Crippen LogP contribution < -0.4 is 14.2 Å². The Bertz CT molecular complexity index is 1300. The van der Waals surface area contributed by atoms with Crippen LogP contribution in [-0.2, 0) is 28.4 Å². The fraction of sp³-hybridized carbons (Fsp3) is 0.160. The van der Waals surface area contributed by atoms with Gasteiger partial charge in [-0.1, -0.05) is 24.3 Å². The van der Waals surface area contributed by atoms with Crippen LogP contribution in [0.3, 0.4) is 0 Å². The maximum absolute atomic E-state index is 12.8. The third-order valence-electron chi connectivity index (χ3n) is 5.65. The van der Waals surface area contributed by atoms with Crippen molar-refractivity contribution >= 4 is 21.8 Å². The van der Waals surface area contributed by atoms with E-state index in [1.54, 1.807) is 30.3 Å². The molecule has 0 saturated carbocycles. The van der Waals surface area contributed by atoms with Crippen molar-refractivity contribution in [3.05, 3.63) is 95.1 Å². The van der Waals surface area contributed by atoms with Gasteiger partial charge in [-0.3, -0.25) is 9.52 Å². The SMILES string of the molecule is O=C1C=C(c2ccc(O[C@@H]3CCc4c(Oc5ccc(C(F)(F)F)cc5)cccc43)cc2)S(=O)N1. The molecule has 1 aliphatic heterocycles. The van der Waals surface area contributed by atoms with Crippen molar-refractivity contribution in [3.63, 3.8) is 0 Å². The number of benzene rings is 3. The first-order chi connectivity index (χ1) is 16.3. The Morgan fingerprint density at radius 2 is 1.65 bits per heavy atom. The molecule has 3 aromatic rings. The van der Waals surface area contributed by atoms with Gasteiger partial charge in [0.1, 0.15) is 23.4 Å². The first-order valence-corrected chi connectivity index (χ1v) is 11.6. The van der Waals surface area contributed by atoms with Crippen LogP contribution in [0.5, 0.6) is 17.2 Å². The lowest BCUT2D eigenvalue weighted by Crippen LogP contribution is -2.16. The van der Waals surface area contributed by atoms with E-state index in [1.165, 1.54) is 18.2 Å². The van der Waals surface area contributed by atoms with E-state index in [4.69, 9.17) is 9.47 Å². The molecule has 5 rings (SSSR count). The quantitative estimate of drug-likeness (QED) is 0.504. The van der Waals surface area contributed by atoms with Gasteiger partial charge in [0.15, 0.2) is 11.0 Å². The van der Waals surface area contributed by atoms with Crippen LogP contribution in [0.2, 0.25) is 0 Å². The van der Waals surface area contributed by atoms with E-state index in [1.807, 2.05) is 12.1 Å². The molecule has 34 heavy (non-hydrogen) atoms. The molecule has 2 aliphatic rings. The fourth-order valence-corrected chi connectivity index (χ4v) is 4.96. The first-order valence-electron chi connectivity index (χ1n) is 10.5. The second kappa shape index (κ2) is 8.64. The fourth-order valence-electron chi connectivity index (χ4n) is 4.04. The monoisotopic (exact) mass is 485 g/mol. The van der Waals surface area contributed by atoms with Gasteiger partial charge in [-0.25, -0.2) is 4.21 Å². The van der Waals surface area contributed by atoms with Crippen molar-refractivity contribution in [2.45, 2.75) is 25.1 Å². The highest BCUT2D eigenvalue weighted by molar-refractivity contribution is 7.93. The molecule has 0 spiro atoms. The van der Waals surface area contributed by atoms with Crippen molar-refractivity contribution < 1.29 is 31.6 Å². The first kappa shape index (κ1) is 22.2. The van der Waals surface area contributed by atoms with Crippen LogP contribution >= 0.6 is 0 Å². The normalized spacial score (nSPS) is 19.4. The third kappa shape index (κ3) is 4.43. The molecule has 1 amide bonds. The van der Waals surface area contributed by atoms with Gasteiger partial charge in [0.05, 0.1) is 10.5 Å². The number of halogens is 3. The molecule has 0 radical (unpaired) electrons. The van der Waals surface area contributed by atoms with Crippen molar-refractivity contribution in [1.82, 2.24) is 4.72 Å². The summed E-state index contributed by atoms with van der Waals surface area (Å²) in [7, 11) is -1.56. The standard InChI is InChI=1S/C25H18F3NO4S/c26-25(27,28)16-6-10-18(11-7-16)32-21-3-1-2-19-20(21)12-13-22(19)33-17-8-4-15(5-9-17)23-14-24(30)29-34(23)31/h1-11,14,22H,12-13H2,(H,29,30)/t22-,34?/m1/s1. The molecule has 174 valence electrons. The van der Waals surface area contributed by atoms with E-state index in [0.717, 1.165) is 29.7 Å². The van der Waals surface area contributed by atoms with E-state index < -0.39 is 22.7 Å². The number of hydrogen-bond acceptors (Lipinski definition) is 4. The Morgan fingerprint density at radius 1 is 0.941 bits per heavy atom. The number of fused-ring (bicyclic) bond motifs is 1. The molecule has 1 heterocycles. The summed E-state index contributed by atoms with van der Waals surface area (Å²) in [4.78, 5) is 11.8. The predicted molar refractivity (Wildman–Crippen MR) is 120 cm³/mol. The summed E-state index contributed by atoms with van der Waals surface area (Å²) >= 11 is 0. The smallest absolute Gasteiger partial charge is 0.416 e. The van der Waals surface area contributed by atoms with Gasteiger partial charge in [-0.2, -0.15) is 13.2 Å². The average Bonchev–Trinajstić information content (AvgIpc) is 3.37. The summed E-state index contributed by atoms with van der Waals surface area (Å²) in [6, 6.07) is 17.2. The molecule has 3 aromatic carbocycles. The van der Waals surface area contributed by atoms with Crippen LogP contribution in [0.25, 0.3) is 4.91 Å². The van der Waals surface area contributed by atoms with Crippen molar-refractivity contribution in [3.8, 4) is 17.2 Å². The van der Waals surface area contributed by atoms with Crippen molar-refractivity contribution in [2.24, 2.45) is 0 Å². The molecule has 0 aromatic heterocycles. The van der Waals surface area contributed by atoms with Gasteiger partial charge >= 0.3 is 6.18 Å². The Kier molecular flexibility index (Phi) is 5.65. The highest BCUT2D eigenvalue weighted by Crippen LogP contribution is 2.41. The molecule has 0 saturated heterocycles. The lowest BCUT2D eigenvalue weighted by Gasteiger charge is -2.16. The van der Waals surface area contributed by atoms with E-state index in [-0.39, 0.29) is 12.0 Å². The van der Waals surface area contributed by atoms with E-state index >= 15 is 0 Å². The number of carbonyl (C=O) groups is 1. The van der Waals surface area contributed by atoms with Gasteiger partial charge in [-0.15, -0.1) is 0 Å². The Balaban J connectivity index is 1.30. The second-order valence-corrected chi connectivity index (χ2v) is 9.04. The minimum atomic E-state index is -4.39. The zero-order chi connectivity index (χ0) is 23.9. The number of alkyl halides is 3. The van der Waals surface area contributed by atoms with Gasteiger partial charge in [-0.05, 0) is 66.4 Å². The lowest BCUT2D eigenvalue weighted by molar-refractivity contribution is -0.137. The topological polar surface area (TPSA) is 64.6 Å². The summed E-state index contributed by atoms with van der Waals surface area (Å²) in [6.07, 6.45) is -1.86. The van der Waals surface area contributed by atoms with Crippen molar-refractivity contribution in [2.75, 3.05) is 0 Å². The van der Waals surface area contributed by atoms with Crippen molar-refractivity contribution in [1.29, 1.82) is 0 Å². The number of amides is 1. The van der Waals surface area contributed by atoms with Gasteiger partial charge in [0.2, 0.25) is 0 Å². The number of ether oxygens (including phenoxy) is 2. The Hall–Kier alpha value is -3.59. The molecule has 0 fully saturated rings. The molecule has 2 atom stereocenters. The van der Waals surface area contributed by atoms with E-state index in [2.05, 4.69) is 4.72 Å². The average molecular weight is 485 g/mol. The van der Waals surface area contributed by atoms with Gasteiger partial charge in [0, 0.05) is 11.6 Å². The summed E-state index contributed by atoms with van der Waals surface area (Å²) in [5, 5.41) is 0. The highest BCUT2D eigenvalue weighted by atomic mass is 32.2. The molecule has 1 N–H and O–H groups in total. The number of nitrogens with one attached hydrogen (secondary N) is 1. The number of hydrogen-bond donors (Lipinski definition) is 1. The Morgan fingerprint density at radius 3 is 2.29 bits per heavy atom. The molecule has 5 nitrogen and oxygen atoms in total. The maximum Gasteiger partial charge on any atom is 0.416 e. The summed E-state index contributed by atoms with van der Waals surface area (Å²) < 4.78 is 64.7. The number of rotatable bonds is 5. The van der Waals surface area contributed by atoms with Crippen LogP contribution in [-0.4, -0.2) is 10.1 Å². The maximum atomic E-state index is 12.8. The van der Waals surface area contributed by atoms with Gasteiger partial charge < -0.3 is 9.47 Å². The molecular formula is C25H18F3NO4S. The lowest BCUT2D eigenvalue weighted by atomic mass is 10.1. The zero-order valence-electron chi connectivity index (χ0n) is 17.6. The summed E-state index contributed by atoms with van der Waals surface area (Å²) in [6.45, 7) is 0.